The topological polar surface area (TPSA) is 79.3 Å². The van der Waals surface area contributed by atoms with E-state index in [1.54, 1.807) is 36.5 Å². The zero-order valence-corrected chi connectivity index (χ0v) is 12.4. The summed E-state index contributed by atoms with van der Waals surface area (Å²) in [5.41, 5.74) is 0.654. The highest BCUT2D eigenvalue weighted by molar-refractivity contribution is 7.89. The number of nitrogens with zero attached hydrogens (tertiary/aromatic N) is 1. The largest absolute Gasteiger partial charge is 0.393 e. The Morgan fingerprint density at radius 2 is 2.10 bits per heavy atom. The van der Waals surface area contributed by atoms with Gasteiger partial charge in [0, 0.05) is 18.1 Å². The van der Waals surface area contributed by atoms with E-state index in [1.165, 1.54) is 0 Å². The second-order valence-corrected chi connectivity index (χ2v) is 7.17. The summed E-state index contributed by atoms with van der Waals surface area (Å²) in [4.78, 5) is 4.41. The van der Waals surface area contributed by atoms with Crippen LogP contribution in [0.1, 0.15) is 19.3 Å². The molecule has 2 N–H and O–H groups in total. The molecule has 0 aliphatic heterocycles. The fourth-order valence-electron chi connectivity index (χ4n) is 2.86. The van der Waals surface area contributed by atoms with Crippen LogP contribution in [-0.4, -0.2) is 31.2 Å². The van der Waals surface area contributed by atoms with Crippen LogP contribution in [0.5, 0.6) is 0 Å². The summed E-state index contributed by atoms with van der Waals surface area (Å²) in [7, 11) is -3.60. The maximum Gasteiger partial charge on any atom is 0.241 e. The third-order valence-corrected chi connectivity index (χ3v) is 5.53. The van der Waals surface area contributed by atoms with Crippen molar-refractivity contribution < 1.29 is 13.5 Å². The Hall–Kier alpha value is -1.50. The van der Waals surface area contributed by atoms with Gasteiger partial charge < -0.3 is 5.11 Å². The summed E-state index contributed by atoms with van der Waals surface area (Å²) < 4.78 is 27.6. The first kappa shape index (κ1) is 14.4. The second-order valence-electron chi connectivity index (χ2n) is 5.44. The molecule has 2 atom stereocenters. The van der Waals surface area contributed by atoms with Crippen LogP contribution in [0, 0.1) is 5.92 Å². The first-order chi connectivity index (χ1) is 10.1. The van der Waals surface area contributed by atoms with Crippen LogP contribution in [0.3, 0.4) is 0 Å². The smallest absolute Gasteiger partial charge is 0.241 e. The number of pyridine rings is 1. The number of aromatic nitrogens is 1. The summed E-state index contributed by atoms with van der Waals surface area (Å²) in [6, 6.07) is 8.53. The van der Waals surface area contributed by atoms with Crippen molar-refractivity contribution >= 4 is 20.9 Å². The minimum absolute atomic E-state index is 0.00729. The number of rotatable bonds is 4. The van der Waals surface area contributed by atoms with Crippen molar-refractivity contribution in [2.75, 3.05) is 6.54 Å². The van der Waals surface area contributed by atoms with Crippen molar-refractivity contribution in [3.63, 3.8) is 0 Å². The number of hydrogen-bond acceptors (Lipinski definition) is 4. The van der Waals surface area contributed by atoms with E-state index in [-0.39, 0.29) is 17.4 Å². The highest BCUT2D eigenvalue weighted by Gasteiger charge is 2.27. The maximum atomic E-state index is 12.5. The lowest BCUT2D eigenvalue weighted by Gasteiger charge is -2.15. The van der Waals surface area contributed by atoms with E-state index in [0.29, 0.717) is 10.9 Å². The molecule has 0 radical (unpaired) electrons. The number of hydrogen-bond donors (Lipinski definition) is 2. The molecule has 1 aliphatic rings. The molecule has 0 spiro atoms. The van der Waals surface area contributed by atoms with Crippen molar-refractivity contribution in [2.45, 2.75) is 30.3 Å². The van der Waals surface area contributed by atoms with Gasteiger partial charge >= 0.3 is 0 Å². The maximum absolute atomic E-state index is 12.5. The van der Waals surface area contributed by atoms with Gasteiger partial charge in [0.15, 0.2) is 0 Å². The SMILES string of the molecule is O=S(=O)(NCC1CCCC1O)c1cccc2ncccc12. The van der Waals surface area contributed by atoms with Crippen molar-refractivity contribution in [3.8, 4) is 0 Å². The molecule has 2 aromatic rings. The lowest BCUT2D eigenvalue weighted by atomic mass is 10.1. The van der Waals surface area contributed by atoms with Gasteiger partial charge in [0.2, 0.25) is 10.0 Å². The fourth-order valence-corrected chi connectivity index (χ4v) is 4.17. The predicted octanol–water partition coefficient (Wildman–Crippen LogP) is 1.67. The van der Waals surface area contributed by atoms with Crippen molar-refractivity contribution in [1.82, 2.24) is 9.71 Å². The van der Waals surface area contributed by atoms with E-state index in [9.17, 15) is 13.5 Å². The van der Waals surface area contributed by atoms with Gasteiger partial charge in [-0.25, -0.2) is 13.1 Å². The number of sulfonamides is 1. The molecule has 21 heavy (non-hydrogen) atoms. The Morgan fingerprint density at radius 3 is 2.86 bits per heavy atom. The van der Waals surface area contributed by atoms with Crippen molar-refractivity contribution in [2.24, 2.45) is 5.92 Å². The third kappa shape index (κ3) is 2.92. The van der Waals surface area contributed by atoms with Gasteiger partial charge in [0.25, 0.3) is 0 Å². The number of aliphatic hydroxyl groups excluding tert-OH is 1. The molecule has 1 heterocycles. The first-order valence-corrected chi connectivity index (χ1v) is 8.58. The highest BCUT2D eigenvalue weighted by atomic mass is 32.2. The van der Waals surface area contributed by atoms with Crippen LogP contribution in [0.15, 0.2) is 41.4 Å². The summed E-state index contributed by atoms with van der Waals surface area (Å²) in [5.74, 6) is 0.00729. The minimum Gasteiger partial charge on any atom is -0.393 e. The second kappa shape index (κ2) is 5.71. The van der Waals surface area contributed by atoms with E-state index < -0.39 is 16.1 Å². The standard InChI is InChI=1S/C15H18N2O3S/c18-14-7-1-4-11(14)10-17-21(19,20)15-8-2-6-13-12(15)5-3-9-16-13/h2-3,5-6,8-9,11,14,17-18H,1,4,7,10H2. The minimum atomic E-state index is -3.60. The molecule has 5 nitrogen and oxygen atoms in total. The molecule has 0 bridgehead atoms. The molecule has 1 aliphatic carbocycles. The van der Waals surface area contributed by atoms with Crippen LogP contribution in [0.25, 0.3) is 10.9 Å². The molecule has 0 saturated heterocycles. The van der Waals surface area contributed by atoms with Gasteiger partial charge in [-0.2, -0.15) is 0 Å². The third-order valence-electron chi connectivity index (χ3n) is 4.05. The Kier molecular flexibility index (Phi) is 3.93. The summed E-state index contributed by atoms with van der Waals surface area (Å²) >= 11 is 0. The lowest BCUT2D eigenvalue weighted by molar-refractivity contribution is 0.134. The monoisotopic (exact) mass is 306 g/mol. The molecule has 3 rings (SSSR count). The number of aliphatic hydroxyl groups is 1. The Bertz CT molecular complexity index is 740. The molecule has 1 aromatic heterocycles. The molecule has 1 fully saturated rings. The Labute approximate surface area is 124 Å². The zero-order chi connectivity index (χ0) is 14.9. The van der Waals surface area contributed by atoms with Gasteiger partial charge in [0.05, 0.1) is 16.5 Å². The first-order valence-electron chi connectivity index (χ1n) is 7.09. The van der Waals surface area contributed by atoms with E-state index in [4.69, 9.17) is 0 Å². The van der Waals surface area contributed by atoms with Crippen LogP contribution in [0.4, 0.5) is 0 Å². The Morgan fingerprint density at radius 1 is 1.24 bits per heavy atom. The molecule has 6 heteroatoms. The number of nitrogens with one attached hydrogen (secondary N) is 1. The summed E-state index contributed by atoms with van der Waals surface area (Å²) in [6.07, 6.45) is 3.81. The zero-order valence-electron chi connectivity index (χ0n) is 11.6. The summed E-state index contributed by atoms with van der Waals surface area (Å²) in [5, 5.41) is 10.4. The average molecular weight is 306 g/mol. The summed E-state index contributed by atoms with van der Waals surface area (Å²) in [6.45, 7) is 0.278. The fraction of sp³-hybridized carbons (Fsp3) is 0.400. The lowest BCUT2D eigenvalue weighted by Crippen LogP contribution is -2.32. The molecule has 112 valence electrons. The van der Waals surface area contributed by atoms with Gasteiger partial charge in [-0.15, -0.1) is 0 Å². The Balaban J connectivity index is 1.86. The van der Waals surface area contributed by atoms with E-state index in [1.807, 2.05) is 0 Å². The van der Waals surface area contributed by atoms with Crippen LogP contribution >= 0.6 is 0 Å². The molecule has 1 saturated carbocycles. The van der Waals surface area contributed by atoms with E-state index in [0.717, 1.165) is 19.3 Å². The quantitative estimate of drug-likeness (QED) is 0.900. The van der Waals surface area contributed by atoms with Crippen molar-refractivity contribution in [3.05, 3.63) is 36.5 Å². The van der Waals surface area contributed by atoms with Crippen LogP contribution in [0.2, 0.25) is 0 Å². The van der Waals surface area contributed by atoms with Gasteiger partial charge in [0.1, 0.15) is 0 Å². The highest BCUT2D eigenvalue weighted by Crippen LogP contribution is 2.26. The number of benzene rings is 1. The predicted molar refractivity (Wildman–Crippen MR) is 80.3 cm³/mol. The van der Waals surface area contributed by atoms with Gasteiger partial charge in [-0.05, 0) is 43.0 Å². The average Bonchev–Trinajstić information content (AvgIpc) is 2.90. The van der Waals surface area contributed by atoms with Crippen molar-refractivity contribution in [1.29, 1.82) is 0 Å². The van der Waals surface area contributed by atoms with Gasteiger partial charge in [-0.1, -0.05) is 12.5 Å². The molecule has 0 amide bonds. The molecular weight excluding hydrogens is 288 g/mol. The van der Waals surface area contributed by atoms with Gasteiger partial charge in [-0.3, -0.25) is 4.98 Å². The van der Waals surface area contributed by atoms with Crippen LogP contribution < -0.4 is 4.72 Å². The van der Waals surface area contributed by atoms with Crippen LogP contribution in [-0.2, 0) is 10.0 Å². The van der Waals surface area contributed by atoms with E-state index >= 15 is 0 Å². The van der Waals surface area contributed by atoms with E-state index in [2.05, 4.69) is 9.71 Å². The molecular formula is C15H18N2O3S. The number of fused-ring (bicyclic) bond motifs is 1. The molecule has 1 aromatic carbocycles. The molecule has 2 unspecified atom stereocenters. The normalized spacial score (nSPS) is 22.7.